The summed E-state index contributed by atoms with van der Waals surface area (Å²) in [7, 11) is 0. The van der Waals surface area contributed by atoms with Gasteiger partial charge in [0.25, 0.3) is 0 Å². The van der Waals surface area contributed by atoms with E-state index in [1.165, 1.54) is 11.1 Å². The number of pyridine rings is 1. The molecule has 0 bridgehead atoms. The number of unbranched alkanes of at least 4 members (excludes halogenated alkanes) is 1. The maximum absolute atomic E-state index is 10.2. The molecule has 0 fully saturated rings. The normalized spacial score (nSPS) is 11.6. The van der Waals surface area contributed by atoms with Gasteiger partial charge in [0, 0.05) is 23.6 Å². The second-order valence-electron chi connectivity index (χ2n) is 7.73. The first-order valence-corrected chi connectivity index (χ1v) is 9.74. The summed E-state index contributed by atoms with van der Waals surface area (Å²) in [5.41, 5.74) is 7.82. The maximum atomic E-state index is 10.2. The summed E-state index contributed by atoms with van der Waals surface area (Å²) in [5, 5.41) is 19.4. The first-order chi connectivity index (χ1) is 12.4. The Balaban J connectivity index is 2.77. The van der Waals surface area contributed by atoms with Gasteiger partial charge < -0.3 is 10.2 Å². The minimum Gasteiger partial charge on any atom is -0.396 e. The number of aliphatic hydroxyl groups is 2. The lowest BCUT2D eigenvalue weighted by molar-refractivity contribution is 0.279. The third kappa shape index (κ3) is 4.52. The third-order valence-electron chi connectivity index (χ3n) is 4.89. The van der Waals surface area contributed by atoms with E-state index in [1.54, 1.807) is 0 Å². The molecule has 2 rings (SSSR count). The Hall–Kier alpha value is -1.71. The van der Waals surface area contributed by atoms with Gasteiger partial charge in [0.2, 0.25) is 0 Å². The fourth-order valence-corrected chi connectivity index (χ4v) is 3.55. The van der Waals surface area contributed by atoms with Gasteiger partial charge >= 0.3 is 0 Å². The molecule has 0 radical (unpaired) electrons. The van der Waals surface area contributed by atoms with Crippen molar-refractivity contribution >= 4 is 0 Å². The number of aliphatic hydroxyl groups excluding tert-OH is 2. The van der Waals surface area contributed by atoms with Crippen molar-refractivity contribution < 1.29 is 10.2 Å². The summed E-state index contributed by atoms with van der Waals surface area (Å²) in [6.45, 7) is 10.9. The standard InChI is InChI=1S/C23H33NO2/c1-15(2)22-19(8-6-7-13-25)21(18-11-9-17(5)10-12-18)20(14-26)23(24-22)16(3)4/h9-12,15-16,25-26H,6-8,13-14H2,1-5H3. The van der Waals surface area contributed by atoms with Crippen LogP contribution in [-0.2, 0) is 13.0 Å². The Labute approximate surface area is 158 Å². The van der Waals surface area contributed by atoms with Crippen molar-refractivity contribution in [3.05, 3.63) is 52.3 Å². The van der Waals surface area contributed by atoms with Gasteiger partial charge in [-0.05, 0) is 54.7 Å². The summed E-state index contributed by atoms with van der Waals surface area (Å²) >= 11 is 0. The number of hydrogen-bond donors (Lipinski definition) is 2. The zero-order valence-corrected chi connectivity index (χ0v) is 16.8. The molecule has 0 saturated carbocycles. The highest BCUT2D eigenvalue weighted by Gasteiger charge is 2.23. The Morgan fingerprint density at radius 1 is 0.846 bits per heavy atom. The van der Waals surface area contributed by atoms with E-state index in [2.05, 4.69) is 58.9 Å². The van der Waals surface area contributed by atoms with E-state index in [1.807, 2.05) is 0 Å². The van der Waals surface area contributed by atoms with Gasteiger partial charge in [-0.15, -0.1) is 0 Å². The van der Waals surface area contributed by atoms with Gasteiger partial charge in [0.1, 0.15) is 0 Å². The SMILES string of the molecule is Cc1ccc(-c2c(CO)c(C(C)C)nc(C(C)C)c2CCCCO)cc1. The zero-order chi connectivity index (χ0) is 19.3. The number of rotatable bonds is 8. The predicted octanol–water partition coefficient (Wildman–Crippen LogP) is 5.11. The van der Waals surface area contributed by atoms with E-state index >= 15 is 0 Å². The molecule has 2 N–H and O–H groups in total. The van der Waals surface area contributed by atoms with Gasteiger partial charge in [-0.3, -0.25) is 4.98 Å². The van der Waals surface area contributed by atoms with Crippen LogP contribution in [0.5, 0.6) is 0 Å². The molecule has 0 aliphatic heterocycles. The number of hydrogen-bond acceptors (Lipinski definition) is 3. The highest BCUT2D eigenvalue weighted by Crippen LogP contribution is 2.37. The van der Waals surface area contributed by atoms with Crippen LogP contribution in [0.15, 0.2) is 24.3 Å². The molecule has 0 spiro atoms. The largest absolute Gasteiger partial charge is 0.396 e. The van der Waals surface area contributed by atoms with E-state index in [9.17, 15) is 10.2 Å². The Morgan fingerprint density at radius 3 is 1.92 bits per heavy atom. The molecule has 3 nitrogen and oxygen atoms in total. The van der Waals surface area contributed by atoms with Gasteiger partial charge in [0.05, 0.1) is 6.61 Å². The molecule has 1 heterocycles. The van der Waals surface area contributed by atoms with E-state index < -0.39 is 0 Å². The molecule has 3 heteroatoms. The summed E-state index contributed by atoms with van der Waals surface area (Å²) in [5.74, 6) is 0.568. The van der Waals surface area contributed by atoms with Crippen molar-refractivity contribution in [2.45, 2.75) is 72.3 Å². The molecule has 2 aromatic rings. The fraction of sp³-hybridized carbons (Fsp3) is 0.522. The van der Waals surface area contributed by atoms with E-state index in [0.717, 1.165) is 47.3 Å². The van der Waals surface area contributed by atoms with Gasteiger partial charge in [0.15, 0.2) is 0 Å². The van der Waals surface area contributed by atoms with Crippen molar-refractivity contribution in [1.82, 2.24) is 4.98 Å². The fourth-order valence-electron chi connectivity index (χ4n) is 3.55. The molecule has 26 heavy (non-hydrogen) atoms. The highest BCUT2D eigenvalue weighted by atomic mass is 16.3. The average molecular weight is 356 g/mol. The minimum atomic E-state index is -0.00486. The molecule has 1 aromatic carbocycles. The second kappa shape index (κ2) is 9.29. The number of benzene rings is 1. The quantitative estimate of drug-likeness (QED) is 0.647. The van der Waals surface area contributed by atoms with Crippen molar-refractivity contribution in [2.24, 2.45) is 0 Å². The first-order valence-electron chi connectivity index (χ1n) is 9.74. The van der Waals surface area contributed by atoms with Crippen molar-refractivity contribution in [1.29, 1.82) is 0 Å². The molecular formula is C23H33NO2. The van der Waals surface area contributed by atoms with Gasteiger partial charge in [-0.25, -0.2) is 0 Å². The maximum Gasteiger partial charge on any atom is 0.0705 e. The third-order valence-corrected chi connectivity index (χ3v) is 4.89. The summed E-state index contributed by atoms with van der Waals surface area (Å²) in [6, 6.07) is 8.54. The van der Waals surface area contributed by atoms with Crippen LogP contribution in [-0.4, -0.2) is 21.8 Å². The van der Waals surface area contributed by atoms with Crippen LogP contribution in [0.25, 0.3) is 11.1 Å². The van der Waals surface area contributed by atoms with Crippen molar-refractivity contribution in [3.8, 4) is 11.1 Å². The lowest BCUT2D eigenvalue weighted by Gasteiger charge is -2.24. The van der Waals surface area contributed by atoms with E-state index in [-0.39, 0.29) is 19.1 Å². The lowest BCUT2D eigenvalue weighted by atomic mass is 9.85. The van der Waals surface area contributed by atoms with Crippen molar-refractivity contribution in [2.75, 3.05) is 6.61 Å². The number of nitrogens with zero attached hydrogens (tertiary/aromatic N) is 1. The predicted molar refractivity (Wildman–Crippen MR) is 109 cm³/mol. The van der Waals surface area contributed by atoms with Gasteiger partial charge in [-0.2, -0.15) is 0 Å². The lowest BCUT2D eigenvalue weighted by Crippen LogP contribution is -2.12. The molecule has 142 valence electrons. The summed E-state index contributed by atoms with van der Waals surface area (Å²) in [6.07, 6.45) is 2.57. The molecular weight excluding hydrogens is 322 g/mol. The molecule has 0 unspecified atom stereocenters. The van der Waals surface area contributed by atoms with Crippen LogP contribution >= 0.6 is 0 Å². The summed E-state index contributed by atoms with van der Waals surface area (Å²) < 4.78 is 0. The molecule has 0 aliphatic rings. The highest BCUT2D eigenvalue weighted by molar-refractivity contribution is 5.73. The van der Waals surface area contributed by atoms with Crippen molar-refractivity contribution in [3.63, 3.8) is 0 Å². The molecule has 0 aliphatic carbocycles. The Bertz CT molecular complexity index is 718. The Morgan fingerprint density at radius 2 is 1.42 bits per heavy atom. The van der Waals surface area contributed by atoms with Crippen LogP contribution in [0, 0.1) is 6.92 Å². The zero-order valence-electron chi connectivity index (χ0n) is 16.8. The van der Waals surface area contributed by atoms with E-state index in [4.69, 9.17) is 4.98 Å². The molecule has 1 aromatic heterocycles. The molecule has 0 saturated heterocycles. The smallest absolute Gasteiger partial charge is 0.0705 e. The second-order valence-corrected chi connectivity index (χ2v) is 7.73. The average Bonchev–Trinajstić information content (AvgIpc) is 2.61. The van der Waals surface area contributed by atoms with E-state index in [0.29, 0.717) is 5.92 Å². The first kappa shape index (κ1) is 20.6. The topological polar surface area (TPSA) is 53.4 Å². The van der Waals surface area contributed by atoms with Gasteiger partial charge in [-0.1, -0.05) is 57.5 Å². The summed E-state index contributed by atoms with van der Waals surface area (Å²) in [4.78, 5) is 5.00. The monoisotopic (exact) mass is 355 g/mol. The van der Waals surface area contributed by atoms with Crippen LogP contribution < -0.4 is 0 Å². The van der Waals surface area contributed by atoms with Crippen LogP contribution in [0.4, 0.5) is 0 Å². The number of aromatic nitrogens is 1. The molecule has 0 atom stereocenters. The number of aryl methyl sites for hydroxylation is 1. The van der Waals surface area contributed by atoms with Crippen LogP contribution in [0.2, 0.25) is 0 Å². The van der Waals surface area contributed by atoms with Crippen LogP contribution in [0.3, 0.4) is 0 Å². The molecule has 0 amide bonds. The van der Waals surface area contributed by atoms with Crippen LogP contribution in [0.1, 0.15) is 80.5 Å². The minimum absolute atomic E-state index is 0.00486. The Kier molecular flexibility index (Phi) is 7.36.